The topological polar surface area (TPSA) is 53.4 Å². The lowest BCUT2D eigenvalue weighted by Crippen LogP contribution is -2.27. The van der Waals surface area contributed by atoms with Crippen LogP contribution >= 0.6 is 0 Å². The normalized spacial score (nSPS) is 15.2. The van der Waals surface area contributed by atoms with Crippen LogP contribution in [0, 0.1) is 0 Å². The number of rotatable bonds is 1. The third kappa shape index (κ3) is 1.79. The van der Waals surface area contributed by atoms with E-state index < -0.39 is 0 Å². The largest absolute Gasteiger partial charge is 0.507 e. The van der Waals surface area contributed by atoms with E-state index in [4.69, 9.17) is 0 Å². The molecule has 18 heavy (non-hydrogen) atoms. The number of benzene rings is 1. The molecule has 0 radical (unpaired) electrons. The first kappa shape index (κ1) is 11.0. The molecule has 0 atom stereocenters. The fourth-order valence-electron chi connectivity index (χ4n) is 2.37. The van der Waals surface area contributed by atoms with Crippen molar-refractivity contribution in [3.8, 4) is 5.75 Å². The molecule has 1 N–H and O–H groups in total. The van der Waals surface area contributed by atoms with Crippen LogP contribution in [0.25, 0.3) is 10.9 Å². The Hall–Kier alpha value is -2.10. The van der Waals surface area contributed by atoms with Gasteiger partial charge in [0.15, 0.2) is 0 Å². The van der Waals surface area contributed by atoms with E-state index in [1.54, 1.807) is 23.2 Å². The van der Waals surface area contributed by atoms with E-state index in [-0.39, 0.29) is 11.7 Å². The van der Waals surface area contributed by atoms with Gasteiger partial charge in [0.25, 0.3) is 5.91 Å². The Morgan fingerprint density at radius 2 is 2.06 bits per heavy atom. The highest BCUT2D eigenvalue weighted by Gasteiger charge is 2.22. The predicted octanol–water partition coefficient (Wildman–Crippen LogP) is 2.18. The van der Waals surface area contributed by atoms with Gasteiger partial charge in [0.2, 0.25) is 0 Å². The van der Waals surface area contributed by atoms with Crippen LogP contribution in [0.1, 0.15) is 23.2 Å². The van der Waals surface area contributed by atoms with E-state index >= 15 is 0 Å². The summed E-state index contributed by atoms with van der Waals surface area (Å²) < 4.78 is 0. The zero-order chi connectivity index (χ0) is 12.5. The van der Waals surface area contributed by atoms with Crippen molar-refractivity contribution in [2.45, 2.75) is 12.8 Å². The van der Waals surface area contributed by atoms with Gasteiger partial charge in [-0.15, -0.1) is 0 Å². The molecule has 2 heterocycles. The zero-order valence-corrected chi connectivity index (χ0v) is 9.97. The average molecular weight is 242 g/mol. The molecule has 1 fully saturated rings. The molecule has 1 aromatic carbocycles. The number of carbonyl (C=O) groups excluding carboxylic acids is 1. The number of aromatic hydroxyl groups is 1. The summed E-state index contributed by atoms with van der Waals surface area (Å²) in [4.78, 5) is 18.2. The first-order valence-electron chi connectivity index (χ1n) is 6.13. The number of fused-ring (bicyclic) bond motifs is 1. The summed E-state index contributed by atoms with van der Waals surface area (Å²) in [7, 11) is 0. The van der Waals surface area contributed by atoms with Gasteiger partial charge in [-0.2, -0.15) is 0 Å². The maximum Gasteiger partial charge on any atom is 0.257 e. The van der Waals surface area contributed by atoms with Crippen LogP contribution in [0.2, 0.25) is 0 Å². The number of phenolic OH excluding ortho intramolecular Hbond substituents is 1. The molecule has 0 aliphatic carbocycles. The van der Waals surface area contributed by atoms with Crippen molar-refractivity contribution in [3.05, 3.63) is 36.0 Å². The molecule has 0 unspecified atom stereocenters. The Balaban J connectivity index is 2.05. The highest BCUT2D eigenvalue weighted by Crippen LogP contribution is 2.26. The second-order valence-corrected chi connectivity index (χ2v) is 4.56. The van der Waals surface area contributed by atoms with Gasteiger partial charge in [-0.25, -0.2) is 0 Å². The van der Waals surface area contributed by atoms with E-state index in [1.165, 1.54) is 0 Å². The second kappa shape index (κ2) is 4.29. The summed E-state index contributed by atoms with van der Waals surface area (Å²) >= 11 is 0. The number of carbonyl (C=O) groups is 1. The van der Waals surface area contributed by atoms with E-state index in [2.05, 4.69) is 4.98 Å². The monoisotopic (exact) mass is 242 g/mol. The third-order valence-corrected chi connectivity index (χ3v) is 3.34. The van der Waals surface area contributed by atoms with Gasteiger partial charge in [-0.05, 0) is 31.0 Å². The maximum absolute atomic E-state index is 12.2. The molecule has 4 heteroatoms. The van der Waals surface area contributed by atoms with Gasteiger partial charge in [0, 0.05) is 24.7 Å². The van der Waals surface area contributed by atoms with E-state index in [0.717, 1.165) is 36.8 Å². The smallest absolute Gasteiger partial charge is 0.257 e. The quantitative estimate of drug-likeness (QED) is 0.833. The summed E-state index contributed by atoms with van der Waals surface area (Å²) in [6, 6.07) is 6.95. The Morgan fingerprint density at radius 1 is 1.28 bits per heavy atom. The Bertz CT molecular complexity index is 604. The van der Waals surface area contributed by atoms with Gasteiger partial charge in [-0.3, -0.25) is 9.78 Å². The van der Waals surface area contributed by atoms with Gasteiger partial charge in [0.05, 0.1) is 11.1 Å². The van der Waals surface area contributed by atoms with Crippen molar-refractivity contribution in [3.63, 3.8) is 0 Å². The lowest BCUT2D eigenvalue weighted by molar-refractivity contribution is 0.0790. The number of phenols is 1. The summed E-state index contributed by atoms with van der Waals surface area (Å²) in [6.07, 6.45) is 3.76. The molecule has 1 saturated heterocycles. The van der Waals surface area contributed by atoms with Crippen molar-refractivity contribution < 1.29 is 9.90 Å². The molecule has 0 spiro atoms. The zero-order valence-electron chi connectivity index (χ0n) is 9.97. The Morgan fingerprint density at radius 3 is 2.83 bits per heavy atom. The summed E-state index contributed by atoms with van der Waals surface area (Å²) in [6.45, 7) is 1.55. The SMILES string of the molecule is O=C(c1cc2ncccc2cc1O)N1CCCC1. The molecule has 4 nitrogen and oxygen atoms in total. The van der Waals surface area contributed by atoms with Crippen molar-refractivity contribution in [2.75, 3.05) is 13.1 Å². The van der Waals surface area contributed by atoms with Crippen LogP contribution in [-0.4, -0.2) is 34.0 Å². The van der Waals surface area contributed by atoms with Crippen LogP contribution < -0.4 is 0 Å². The number of nitrogens with zero attached hydrogens (tertiary/aromatic N) is 2. The summed E-state index contributed by atoms with van der Waals surface area (Å²) in [5.74, 6) is -0.0649. The van der Waals surface area contributed by atoms with E-state index in [9.17, 15) is 9.90 Å². The van der Waals surface area contributed by atoms with Crippen molar-refractivity contribution >= 4 is 16.8 Å². The molecule has 0 saturated carbocycles. The van der Waals surface area contributed by atoms with Gasteiger partial charge in [-0.1, -0.05) is 6.07 Å². The lowest BCUT2D eigenvalue weighted by atomic mass is 10.1. The van der Waals surface area contributed by atoms with Crippen molar-refractivity contribution in [2.24, 2.45) is 0 Å². The fraction of sp³-hybridized carbons (Fsp3) is 0.286. The second-order valence-electron chi connectivity index (χ2n) is 4.56. The Labute approximate surface area is 105 Å². The van der Waals surface area contributed by atoms with E-state index in [0.29, 0.717) is 5.56 Å². The first-order chi connectivity index (χ1) is 8.75. The number of hydrogen-bond acceptors (Lipinski definition) is 3. The minimum atomic E-state index is -0.0995. The van der Waals surface area contributed by atoms with Gasteiger partial charge in [0.1, 0.15) is 5.75 Å². The highest BCUT2D eigenvalue weighted by atomic mass is 16.3. The highest BCUT2D eigenvalue weighted by molar-refractivity contribution is 6.00. The van der Waals surface area contributed by atoms with Crippen LogP contribution in [0.5, 0.6) is 5.75 Å². The molecule has 3 rings (SSSR count). The van der Waals surface area contributed by atoms with Crippen molar-refractivity contribution in [1.82, 2.24) is 9.88 Å². The fourth-order valence-corrected chi connectivity index (χ4v) is 2.37. The number of aromatic nitrogens is 1. The molecule has 1 amide bonds. The summed E-state index contributed by atoms with van der Waals surface area (Å²) in [5.41, 5.74) is 1.08. The molecule has 1 aliphatic heterocycles. The number of amides is 1. The van der Waals surface area contributed by atoms with Crippen molar-refractivity contribution in [1.29, 1.82) is 0 Å². The number of pyridine rings is 1. The average Bonchev–Trinajstić information content (AvgIpc) is 2.91. The van der Waals surface area contributed by atoms with Gasteiger partial charge < -0.3 is 10.0 Å². The predicted molar refractivity (Wildman–Crippen MR) is 68.5 cm³/mol. The molecule has 2 aromatic rings. The van der Waals surface area contributed by atoms with Crippen LogP contribution in [-0.2, 0) is 0 Å². The summed E-state index contributed by atoms with van der Waals surface area (Å²) in [5, 5.41) is 10.8. The maximum atomic E-state index is 12.2. The first-order valence-corrected chi connectivity index (χ1v) is 6.13. The Kier molecular flexibility index (Phi) is 2.63. The molecule has 1 aliphatic rings. The third-order valence-electron chi connectivity index (χ3n) is 3.34. The van der Waals surface area contributed by atoms with Crippen LogP contribution in [0.4, 0.5) is 0 Å². The van der Waals surface area contributed by atoms with Gasteiger partial charge >= 0.3 is 0 Å². The molecular weight excluding hydrogens is 228 g/mol. The lowest BCUT2D eigenvalue weighted by Gasteiger charge is -2.16. The standard InChI is InChI=1S/C14H14N2O2/c17-13-8-10-4-3-5-15-12(10)9-11(13)14(18)16-6-1-2-7-16/h3-5,8-9,17H,1-2,6-7H2. The van der Waals surface area contributed by atoms with Crippen LogP contribution in [0.3, 0.4) is 0 Å². The van der Waals surface area contributed by atoms with E-state index in [1.807, 2.05) is 12.1 Å². The minimum Gasteiger partial charge on any atom is -0.507 e. The molecule has 92 valence electrons. The molecule has 1 aromatic heterocycles. The van der Waals surface area contributed by atoms with Crippen LogP contribution in [0.15, 0.2) is 30.5 Å². The molecular formula is C14H14N2O2. The number of hydrogen-bond donors (Lipinski definition) is 1. The molecule has 0 bridgehead atoms. The minimum absolute atomic E-state index is 0.0346. The number of likely N-dealkylation sites (tertiary alicyclic amines) is 1.